The zero-order chi connectivity index (χ0) is 21.0. The molecule has 152 valence electrons. The molecule has 6 heteroatoms. The van der Waals surface area contributed by atoms with Gasteiger partial charge in [-0.3, -0.25) is 14.4 Å². The van der Waals surface area contributed by atoms with E-state index in [9.17, 15) is 14.4 Å². The number of methoxy groups -OCH3 is 1. The molecule has 1 amide bonds. The molecule has 2 atom stereocenters. The summed E-state index contributed by atoms with van der Waals surface area (Å²) in [6, 6.07) is 17.8. The molecule has 0 spiro atoms. The first-order valence-electron chi connectivity index (χ1n) is 9.66. The summed E-state index contributed by atoms with van der Waals surface area (Å²) in [5, 5.41) is 0. The Kier molecular flexibility index (Phi) is 6.01. The predicted octanol–water partition coefficient (Wildman–Crippen LogP) is 2.90. The number of esters is 2. The van der Waals surface area contributed by atoms with Crippen molar-refractivity contribution in [3.05, 3.63) is 71.8 Å². The van der Waals surface area contributed by atoms with Gasteiger partial charge >= 0.3 is 11.9 Å². The van der Waals surface area contributed by atoms with E-state index in [2.05, 4.69) is 0 Å². The molecule has 0 aliphatic carbocycles. The average molecular weight is 395 g/mol. The van der Waals surface area contributed by atoms with E-state index in [1.807, 2.05) is 67.6 Å². The second-order valence-corrected chi connectivity index (χ2v) is 7.04. The standard InChI is InChI=1S/C23H25NO5/c1-4-15-24-20(19(21(24)26)22(27)28-3)23(29-16(2)25,17-11-7-5-8-12-17)18-13-9-6-10-14-18/h5-14,19-20H,4,15H2,1-3H3/t19-,20+/m0/s1. The van der Waals surface area contributed by atoms with Crippen molar-refractivity contribution in [3.8, 4) is 0 Å². The van der Waals surface area contributed by atoms with Crippen molar-refractivity contribution in [1.82, 2.24) is 4.90 Å². The van der Waals surface area contributed by atoms with E-state index in [1.54, 1.807) is 4.90 Å². The lowest BCUT2D eigenvalue weighted by molar-refractivity contribution is -0.196. The van der Waals surface area contributed by atoms with Gasteiger partial charge in [-0.2, -0.15) is 0 Å². The average Bonchev–Trinajstić information content (AvgIpc) is 2.75. The van der Waals surface area contributed by atoms with Crippen molar-refractivity contribution < 1.29 is 23.9 Å². The quantitative estimate of drug-likeness (QED) is 0.409. The molecule has 2 aromatic carbocycles. The minimum Gasteiger partial charge on any atom is -0.468 e. The van der Waals surface area contributed by atoms with E-state index in [-0.39, 0.29) is 5.91 Å². The van der Waals surface area contributed by atoms with Crippen LogP contribution in [0.25, 0.3) is 0 Å². The van der Waals surface area contributed by atoms with Crippen LogP contribution in [0.15, 0.2) is 60.7 Å². The summed E-state index contributed by atoms with van der Waals surface area (Å²) in [5.74, 6) is -2.49. The fourth-order valence-corrected chi connectivity index (χ4v) is 4.13. The third-order valence-corrected chi connectivity index (χ3v) is 5.25. The fraction of sp³-hybridized carbons (Fsp3) is 0.348. The molecule has 3 rings (SSSR count). The molecular weight excluding hydrogens is 370 g/mol. The number of β-lactam (4-membered cyclic amide) rings is 1. The number of carbonyl (C=O) groups is 3. The van der Waals surface area contributed by atoms with E-state index in [4.69, 9.17) is 9.47 Å². The van der Waals surface area contributed by atoms with Crippen LogP contribution in [0.5, 0.6) is 0 Å². The predicted molar refractivity (Wildman–Crippen MR) is 107 cm³/mol. The molecule has 2 aromatic rings. The van der Waals surface area contributed by atoms with Gasteiger partial charge in [-0.25, -0.2) is 0 Å². The van der Waals surface area contributed by atoms with Crippen LogP contribution in [-0.4, -0.2) is 42.4 Å². The van der Waals surface area contributed by atoms with Crippen molar-refractivity contribution in [2.45, 2.75) is 31.9 Å². The lowest BCUT2D eigenvalue weighted by Crippen LogP contribution is -2.72. The van der Waals surface area contributed by atoms with Crippen molar-refractivity contribution in [2.24, 2.45) is 5.92 Å². The van der Waals surface area contributed by atoms with Crippen LogP contribution in [0.3, 0.4) is 0 Å². The summed E-state index contributed by atoms with van der Waals surface area (Å²) in [6.07, 6.45) is 0.704. The molecule has 0 aromatic heterocycles. The maximum absolute atomic E-state index is 12.8. The van der Waals surface area contributed by atoms with E-state index < -0.39 is 29.5 Å². The topological polar surface area (TPSA) is 72.9 Å². The van der Waals surface area contributed by atoms with Gasteiger partial charge in [0.15, 0.2) is 11.5 Å². The molecule has 6 nitrogen and oxygen atoms in total. The molecule has 1 aliphatic heterocycles. The van der Waals surface area contributed by atoms with E-state index in [0.29, 0.717) is 24.1 Å². The van der Waals surface area contributed by atoms with Crippen LogP contribution in [-0.2, 0) is 29.5 Å². The zero-order valence-electron chi connectivity index (χ0n) is 16.8. The number of nitrogens with zero attached hydrogens (tertiary/aromatic N) is 1. The minimum atomic E-state index is -1.34. The van der Waals surface area contributed by atoms with Crippen LogP contribution in [0, 0.1) is 5.92 Å². The largest absolute Gasteiger partial charge is 0.468 e. The molecule has 1 aliphatic rings. The number of hydrogen-bond donors (Lipinski definition) is 0. The van der Waals surface area contributed by atoms with Gasteiger partial charge in [0.05, 0.1) is 7.11 Å². The number of carbonyl (C=O) groups excluding carboxylic acids is 3. The molecule has 29 heavy (non-hydrogen) atoms. The lowest BCUT2D eigenvalue weighted by Gasteiger charge is -2.54. The fourth-order valence-electron chi connectivity index (χ4n) is 4.13. The highest BCUT2D eigenvalue weighted by Gasteiger charge is 2.64. The maximum Gasteiger partial charge on any atom is 0.320 e. The molecule has 0 radical (unpaired) electrons. The highest BCUT2D eigenvalue weighted by atomic mass is 16.6. The van der Waals surface area contributed by atoms with Crippen LogP contribution in [0.2, 0.25) is 0 Å². The van der Waals surface area contributed by atoms with Crippen molar-refractivity contribution >= 4 is 17.8 Å². The van der Waals surface area contributed by atoms with Gasteiger partial charge in [0.2, 0.25) is 5.91 Å². The van der Waals surface area contributed by atoms with Crippen molar-refractivity contribution in [3.63, 3.8) is 0 Å². The van der Waals surface area contributed by atoms with Gasteiger partial charge < -0.3 is 14.4 Å². The summed E-state index contributed by atoms with van der Waals surface area (Å²) in [7, 11) is 1.26. The highest BCUT2D eigenvalue weighted by molar-refractivity contribution is 6.04. The van der Waals surface area contributed by atoms with E-state index >= 15 is 0 Å². The van der Waals surface area contributed by atoms with Gasteiger partial charge in [0.1, 0.15) is 6.04 Å². The molecule has 1 fully saturated rings. The number of rotatable bonds is 7. The third kappa shape index (κ3) is 3.50. The van der Waals surface area contributed by atoms with Crippen LogP contribution in [0.1, 0.15) is 31.4 Å². The number of likely N-dealkylation sites (tertiary alicyclic amines) is 1. The van der Waals surface area contributed by atoms with Gasteiger partial charge in [-0.05, 0) is 6.42 Å². The Morgan fingerprint density at radius 1 is 1.00 bits per heavy atom. The molecule has 1 heterocycles. The van der Waals surface area contributed by atoms with Crippen molar-refractivity contribution in [1.29, 1.82) is 0 Å². The number of hydrogen-bond acceptors (Lipinski definition) is 5. The first kappa shape index (κ1) is 20.6. The molecule has 0 N–H and O–H groups in total. The number of benzene rings is 2. The monoisotopic (exact) mass is 395 g/mol. The zero-order valence-corrected chi connectivity index (χ0v) is 16.8. The summed E-state index contributed by atoms with van der Waals surface area (Å²) >= 11 is 0. The van der Waals surface area contributed by atoms with Crippen LogP contribution >= 0.6 is 0 Å². The molecule has 0 saturated carbocycles. The van der Waals surface area contributed by atoms with Gasteiger partial charge in [0, 0.05) is 24.6 Å². The Labute approximate surface area is 170 Å². The summed E-state index contributed by atoms with van der Waals surface area (Å²) < 4.78 is 10.9. The van der Waals surface area contributed by atoms with Gasteiger partial charge in [0.25, 0.3) is 0 Å². The lowest BCUT2D eigenvalue weighted by atomic mass is 9.69. The summed E-state index contributed by atoms with van der Waals surface area (Å²) in [5.41, 5.74) is 0.0406. The number of amides is 1. The number of ether oxygens (including phenoxy) is 2. The molecule has 1 saturated heterocycles. The maximum atomic E-state index is 12.8. The normalized spacial score (nSPS) is 18.7. The Morgan fingerprint density at radius 2 is 1.52 bits per heavy atom. The Morgan fingerprint density at radius 3 is 1.93 bits per heavy atom. The minimum absolute atomic E-state index is 0.313. The Balaban J connectivity index is 2.29. The smallest absolute Gasteiger partial charge is 0.320 e. The van der Waals surface area contributed by atoms with E-state index in [0.717, 1.165) is 0 Å². The molecular formula is C23H25NO5. The highest BCUT2D eigenvalue weighted by Crippen LogP contribution is 2.47. The second-order valence-electron chi connectivity index (χ2n) is 7.04. The summed E-state index contributed by atoms with van der Waals surface area (Å²) in [4.78, 5) is 39.3. The van der Waals surface area contributed by atoms with Gasteiger partial charge in [-0.15, -0.1) is 0 Å². The Hall–Kier alpha value is -3.15. The Bertz CT molecular complexity index is 841. The molecule has 0 unspecified atom stereocenters. The van der Waals surface area contributed by atoms with E-state index in [1.165, 1.54) is 14.0 Å². The van der Waals surface area contributed by atoms with Gasteiger partial charge in [-0.1, -0.05) is 67.6 Å². The summed E-state index contributed by atoms with van der Waals surface area (Å²) in [6.45, 7) is 3.73. The second kappa shape index (κ2) is 8.47. The third-order valence-electron chi connectivity index (χ3n) is 5.25. The first-order chi connectivity index (χ1) is 14.0. The van der Waals surface area contributed by atoms with Crippen molar-refractivity contribution in [2.75, 3.05) is 13.7 Å². The SMILES string of the molecule is CCCN1C(=O)[C@@H](C(=O)OC)[C@@H]1C(OC(C)=O)(c1ccccc1)c1ccccc1. The first-order valence-corrected chi connectivity index (χ1v) is 9.66. The van der Waals surface area contributed by atoms with Crippen LogP contribution < -0.4 is 0 Å². The molecule has 0 bridgehead atoms. The van der Waals surface area contributed by atoms with Crippen LogP contribution in [0.4, 0.5) is 0 Å².